The Kier molecular flexibility index (Phi) is 4.38. The van der Waals surface area contributed by atoms with Crippen LogP contribution in [0.2, 0.25) is 0 Å². The molecule has 1 aliphatic heterocycles. The molecule has 1 saturated heterocycles. The average molecular weight is 229 g/mol. The van der Waals surface area contributed by atoms with Crippen molar-refractivity contribution in [3.8, 4) is 0 Å². The van der Waals surface area contributed by atoms with Gasteiger partial charge in [-0.05, 0) is 37.4 Å². The lowest BCUT2D eigenvalue weighted by Gasteiger charge is -2.37. The Bertz CT molecular complexity index is 338. The summed E-state index contributed by atoms with van der Waals surface area (Å²) in [6.45, 7) is 8.72. The molecule has 0 bridgehead atoms. The standard InChI is InChI=1S/C16H23N/c1-3-14(2)16(15-10-6-4-7-11-15)17-12-8-5-9-13-17/h3-4,6-7,10-11,14,16H,1,5,8-9,12-13H2,2H3/t14-,16-/m0/s1. The van der Waals surface area contributed by atoms with Gasteiger partial charge in [-0.15, -0.1) is 6.58 Å². The zero-order valence-electron chi connectivity index (χ0n) is 10.8. The molecule has 1 nitrogen and oxygen atoms in total. The smallest absolute Gasteiger partial charge is 0.0407 e. The molecule has 92 valence electrons. The highest BCUT2D eigenvalue weighted by molar-refractivity contribution is 5.21. The Morgan fingerprint density at radius 1 is 1.12 bits per heavy atom. The van der Waals surface area contributed by atoms with E-state index in [0.717, 1.165) is 0 Å². The first-order valence-electron chi connectivity index (χ1n) is 6.74. The second kappa shape index (κ2) is 6.02. The second-order valence-corrected chi connectivity index (χ2v) is 5.05. The van der Waals surface area contributed by atoms with Crippen molar-refractivity contribution in [3.63, 3.8) is 0 Å². The molecule has 1 heteroatoms. The zero-order valence-corrected chi connectivity index (χ0v) is 10.8. The molecule has 1 fully saturated rings. The second-order valence-electron chi connectivity index (χ2n) is 5.05. The number of hydrogen-bond donors (Lipinski definition) is 0. The first-order valence-corrected chi connectivity index (χ1v) is 6.74. The molecule has 1 aromatic carbocycles. The van der Waals surface area contributed by atoms with Crippen molar-refractivity contribution in [2.24, 2.45) is 5.92 Å². The van der Waals surface area contributed by atoms with E-state index in [4.69, 9.17) is 0 Å². The molecule has 2 rings (SSSR count). The highest BCUT2D eigenvalue weighted by Gasteiger charge is 2.25. The minimum Gasteiger partial charge on any atom is -0.296 e. The number of rotatable bonds is 4. The predicted molar refractivity (Wildman–Crippen MR) is 74.0 cm³/mol. The van der Waals surface area contributed by atoms with E-state index in [2.05, 4.69) is 54.8 Å². The molecule has 0 radical (unpaired) electrons. The van der Waals surface area contributed by atoms with E-state index >= 15 is 0 Å². The van der Waals surface area contributed by atoms with Crippen LogP contribution in [0.4, 0.5) is 0 Å². The molecule has 17 heavy (non-hydrogen) atoms. The van der Waals surface area contributed by atoms with Gasteiger partial charge in [-0.25, -0.2) is 0 Å². The summed E-state index contributed by atoms with van der Waals surface area (Å²) >= 11 is 0. The molecular weight excluding hydrogens is 206 g/mol. The van der Waals surface area contributed by atoms with Gasteiger partial charge >= 0.3 is 0 Å². The maximum Gasteiger partial charge on any atom is 0.0407 e. The SMILES string of the molecule is C=C[C@H](C)[C@@H](c1ccccc1)N1CCCCC1. The van der Waals surface area contributed by atoms with Gasteiger partial charge in [0, 0.05) is 6.04 Å². The van der Waals surface area contributed by atoms with Crippen molar-refractivity contribution in [2.75, 3.05) is 13.1 Å². The number of benzene rings is 1. The Morgan fingerprint density at radius 2 is 1.76 bits per heavy atom. The van der Waals surface area contributed by atoms with Crippen LogP contribution in [0.15, 0.2) is 43.0 Å². The lowest BCUT2D eigenvalue weighted by Crippen LogP contribution is -2.36. The normalized spacial score (nSPS) is 20.8. The molecule has 1 aliphatic rings. The molecule has 1 heterocycles. The van der Waals surface area contributed by atoms with E-state index in [9.17, 15) is 0 Å². The van der Waals surface area contributed by atoms with E-state index in [-0.39, 0.29) is 0 Å². The highest BCUT2D eigenvalue weighted by Crippen LogP contribution is 2.31. The van der Waals surface area contributed by atoms with Gasteiger partial charge in [0.1, 0.15) is 0 Å². The summed E-state index contributed by atoms with van der Waals surface area (Å²) in [5.74, 6) is 0.510. The average Bonchev–Trinajstić information content (AvgIpc) is 2.41. The molecule has 0 N–H and O–H groups in total. The zero-order chi connectivity index (χ0) is 12.1. The quantitative estimate of drug-likeness (QED) is 0.704. The van der Waals surface area contributed by atoms with Crippen LogP contribution in [-0.4, -0.2) is 18.0 Å². The topological polar surface area (TPSA) is 3.24 Å². The fraction of sp³-hybridized carbons (Fsp3) is 0.500. The summed E-state index contributed by atoms with van der Waals surface area (Å²) in [5, 5.41) is 0. The van der Waals surface area contributed by atoms with E-state index in [1.165, 1.54) is 37.9 Å². The number of nitrogens with zero attached hydrogens (tertiary/aromatic N) is 1. The molecular formula is C16H23N. The first kappa shape index (κ1) is 12.4. The van der Waals surface area contributed by atoms with E-state index in [1.54, 1.807) is 0 Å². The number of hydrogen-bond acceptors (Lipinski definition) is 1. The van der Waals surface area contributed by atoms with Crippen molar-refractivity contribution in [3.05, 3.63) is 48.6 Å². The van der Waals surface area contributed by atoms with E-state index in [0.29, 0.717) is 12.0 Å². The van der Waals surface area contributed by atoms with Crippen LogP contribution in [0, 0.1) is 5.92 Å². The van der Waals surface area contributed by atoms with E-state index < -0.39 is 0 Å². The van der Waals surface area contributed by atoms with Crippen LogP contribution >= 0.6 is 0 Å². The van der Waals surface area contributed by atoms with Gasteiger partial charge in [-0.2, -0.15) is 0 Å². The highest BCUT2D eigenvalue weighted by atomic mass is 15.2. The first-order chi connectivity index (χ1) is 8.33. The van der Waals surface area contributed by atoms with Crippen molar-refractivity contribution in [1.29, 1.82) is 0 Å². The predicted octanol–water partition coefficient (Wildman–Crippen LogP) is 4.04. The van der Waals surface area contributed by atoms with Crippen molar-refractivity contribution < 1.29 is 0 Å². The van der Waals surface area contributed by atoms with Crippen molar-refractivity contribution in [2.45, 2.75) is 32.2 Å². The molecule has 2 atom stereocenters. The lowest BCUT2D eigenvalue weighted by atomic mass is 9.91. The fourth-order valence-electron chi connectivity index (χ4n) is 2.82. The summed E-state index contributed by atoms with van der Waals surface area (Å²) in [4.78, 5) is 2.63. The van der Waals surface area contributed by atoms with Crippen molar-refractivity contribution >= 4 is 0 Å². The summed E-state index contributed by atoms with van der Waals surface area (Å²) in [6.07, 6.45) is 6.16. The number of piperidine rings is 1. The van der Waals surface area contributed by atoms with Gasteiger partial charge < -0.3 is 0 Å². The van der Waals surface area contributed by atoms with Gasteiger partial charge in [0.15, 0.2) is 0 Å². The van der Waals surface area contributed by atoms with Gasteiger partial charge in [0.05, 0.1) is 0 Å². The van der Waals surface area contributed by atoms with Crippen LogP contribution < -0.4 is 0 Å². The molecule has 0 spiro atoms. The monoisotopic (exact) mass is 229 g/mol. The van der Waals surface area contributed by atoms with E-state index in [1.807, 2.05) is 0 Å². The summed E-state index contributed by atoms with van der Waals surface area (Å²) in [6, 6.07) is 11.4. The Balaban J connectivity index is 2.21. The third kappa shape index (κ3) is 2.98. The summed E-state index contributed by atoms with van der Waals surface area (Å²) in [7, 11) is 0. The molecule has 0 aromatic heterocycles. The van der Waals surface area contributed by atoms with Crippen LogP contribution in [0.3, 0.4) is 0 Å². The Morgan fingerprint density at radius 3 is 2.35 bits per heavy atom. The fourth-order valence-corrected chi connectivity index (χ4v) is 2.82. The van der Waals surface area contributed by atoms with Crippen LogP contribution in [0.25, 0.3) is 0 Å². The molecule has 0 unspecified atom stereocenters. The molecule has 0 saturated carbocycles. The minimum atomic E-state index is 0.508. The summed E-state index contributed by atoms with van der Waals surface area (Å²) in [5.41, 5.74) is 1.43. The minimum absolute atomic E-state index is 0.508. The number of likely N-dealkylation sites (tertiary alicyclic amines) is 1. The molecule has 1 aromatic rings. The van der Waals surface area contributed by atoms with Crippen LogP contribution in [-0.2, 0) is 0 Å². The van der Waals surface area contributed by atoms with Gasteiger partial charge in [0.2, 0.25) is 0 Å². The largest absolute Gasteiger partial charge is 0.296 e. The third-order valence-corrected chi connectivity index (χ3v) is 3.79. The Labute approximate surface area is 105 Å². The van der Waals surface area contributed by atoms with Gasteiger partial charge in [0.25, 0.3) is 0 Å². The maximum absolute atomic E-state index is 3.98. The van der Waals surface area contributed by atoms with Crippen molar-refractivity contribution in [1.82, 2.24) is 4.90 Å². The molecule has 0 aliphatic carbocycles. The van der Waals surface area contributed by atoms with Gasteiger partial charge in [-0.3, -0.25) is 4.90 Å². The van der Waals surface area contributed by atoms with Crippen LogP contribution in [0.1, 0.15) is 37.8 Å². The Hall–Kier alpha value is -1.08. The van der Waals surface area contributed by atoms with Gasteiger partial charge in [-0.1, -0.05) is 49.8 Å². The lowest BCUT2D eigenvalue weighted by molar-refractivity contribution is 0.137. The molecule has 0 amide bonds. The maximum atomic E-state index is 3.98. The third-order valence-electron chi connectivity index (χ3n) is 3.79. The van der Waals surface area contributed by atoms with Crippen LogP contribution in [0.5, 0.6) is 0 Å². The summed E-state index contributed by atoms with van der Waals surface area (Å²) < 4.78 is 0.